The molecule has 4 nitrogen and oxygen atoms in total. The first kappa shape index (κ1) is 12.5. The fraction of sp³-hybridized carbons (Fsp3) is 0.357. The molecule has 1 aromatic heterocycles. The molecule has 0 aliphatic carbocycles. The van der Waals surface area contributed by atoms with E-state index >= 15 is 0 Å². The van der Waals surface area contributed by atoms with Gasteiger partial charge >= 0.3 is 0 Å². The van der Waals surface area contributed by atoms with E-state index in [1.165, 1.54) is 10.2 Å². The van der Waals surface area contributed by atoms with E-state index in [4.69, 9.17) is 5.73 Å². The van der Waals surface area contributed by atoms with Gasteiger partial charge in [0.05, 0.1) is 12.1 Å². The summed E-state index contributed by atoms with van der Waals surface area (Å²) in [6.45, 7) is 6.57. The number of rotatable bonds is 3. The molecule has 0 spiro atoms. The summed E-state index contributed by atoms with van der Waals surface area (Å²) in [4.78, 5) is 11.8. The van der Waals surface area contributed by atoms with Crippen LogP contribution in [0.25, 0.3) is 0 Å². The predicted octanol–water partition coefficient (Wildman–Crippen LogP) is 2.24. The van der Waals surface area contributed by atoms with Crippen LogP contribution in [0.4, 0.5) is 5.82 Å². The van der Waals surface area contributed by atoms with Gasteiger partial charge in [-0.2, -0.15) is 0 Å². The van der Waals surface area contributed by atoms with Crippen molar-refractivity contribution in [2.75, 3.05) is 5.73 Å². The zero-order valence-corrected chi connectivity index (χ0v) is 11.0. The van der Waals surface area contributed by atoms with E-state index in [1.54, 1.807) is 6.92 Å². The van der Waals surface area contributed by atoms with E-state index in [2.05, 4.69) is 31.1 Å². The van der Waals surface area contributed by atoms with Gasteiger partial charge in [0.25, 0.3) is 5.56 Å². The topological polar surface area (TPSA) is 63.8 Å². The first-order chi connectivity index (χ1) is 8.49. The number of aromatic nitrogens is 2. The number of nitrogen functional groups attached to an aromatic ring is 1. The lowest BCUT2D eigenvalue weighted by molar-refractivity contribution is 0.665. The smallest absolute Gasteiger partial charge is 0.271 e. The van der Waals surface area contributed by atoms with Crippen LogP contribution in [0.5, 0.6) is 0 Å². The second kappa shape index (κ2) is 4.72. The molecular weight excluding hydrogens is 226 g/mol. The minimum atomic E-state index is -0.0552. The summed E-state index contributed by atoms with van der Waals surface area (Å²) in [7, 11) is 0. The van der Waals surface area contributed by atoms with E-state index in [-0.39, 0.29) is 5.56 Å². The maximum atomic E-state index is 11.8. The number of nitrogens with two attached hydrogens (primary N) is 1. The van der Waals surface area contributed by atoms with Gasteiger partial charge in [0.15, 0.2) is 0 Å². The average molecular weight is 245 g/mol. The molecule has 0 bridgehead atoms. The Hall–Kier alpha value is -1.97. The van der Waals surface area contributed by atoms with Crippen molar-refractivity contribution in [3.63, 3.8) is 0 Å². The normalized spacial score (nSPS) is 11.1. The first-order valence-electron chi connectivity index (χ1n) is 6.12. The molecule has 3 N–H and O–H groups in total. The molecule has 1 aromatic carbocycles. The number of nitrogens with zero attached hydrogens (tertiary/aromatic N) is 1. The molecule has 18 heavy (non-hydrogen) atoms. The number of hydrogen-bond donors (Lipinski definition) is 2. The van der Waals surface area contributed by atoms with Crippen molar-refractivity contribution >= 4 is 5.82 Å². The van der Waals surface area contributed by atoms with Crippen molar-refractivity contribution in [3.05, 3.63) is 51.3 Å². The van der Waals surface area contributed by atoms with Crippen LogP contribution in [0.15, 0.2) is 29.1 Å². The summed E-state index contributed by atoms with van der Waals surface area (Å²) < 4.78 is 1.54. The Morgan fingerprint density at radius 1 is 1.28 bits per heavy atom. The molecule has 0 radical (unpaired) electrons. The number of hydrogen-bond acceptors (Lipinski definition) is 2. The van der Waals surface area contributed by atoms with E-state index in [0.29, 0.717) is 23.8 Å². The molecule has 4 heteroatoms. The Labute approximate surface area is 106 Å². The molecule has 1 heterocycles. The van der Waals surface area contributed by atoms with E-state index in [0.717, 1.165) is 5.56 Å². The second-order valence-corrected chi connectivity index (χ2v) is 4.94. The molecule has 0 amide bonds. The highest BCUT2D eigenvalue weighted by molar-refractivity contribution is 5.36. The van der Waals surface area contributed by atoms with Gasteiger partial charge < -0.3 is 5.73 Å². The van der Waals surface area contributed by atoms with Gasteiger partial charge in [0.1, 0.15) is 5.82 Å². The minimum Gasteiger partial charge on any atom is -0.384 e. The second-order valence-electron chi connectivity index (χ2n) is 4.94. The van der Waals surface area contributed by atoms with Crippen molar-refractivity contribution in [1.82, 2.24) is 9.78 Å². The van der Waals surface area contributed by atoms with Crippen LogP contribution in [0.3, 0.4) is 0 Å². The van der Waals surface area contributed by atoms with Gasteiger partial charge in [0, 0.05) is 0 Å². The van der Waals surface area contributed by atoms with Crippen molar-refractivity contribution in [1.29, 1.82) is 0 Å². The van der Waals surface area contributed by atoms with Gasteiger partial charge in [-0.05, 0) is 24.0 Å². The summed E-state index contributed by atoms with van der Waals surface area (Å²) in [5.74, 6) is 0.962. The molecule has 0 saturated heterocycles. The zero-order chi connectivity index (χ0) is 13.3. The highest BCUT2D eigenvalue weighted by Crippen LogP contribution is 2.15. The fourth-order valence-corrected chi connectivity index (χ4v) is 1.90. The minimum absolute atomic E-state index is 0.0552. The Bertz CT molecular complexity index is 590. The number of anilines is 1. The summed E-state index contributed by atoms with van der Waals surface area (Å²) in [5.41, 5.74) is 8.59. The molecule has 2 aromatic rings. The molecule has 0 aliphatic rings. The van der Waals surface area contributed by atoms with E-state index in [1.807, 2.05) is 12.1 Å². The quantitative estimate of drug-likeness (QED) is 0.871. The lowest BCUT2D eigenvalue weighted by Crippen LogP contribution is -2.18. The molecule has 96 valence electrons. The van der Waals surface area contributed by atoms with E-state index in [9.17, 15) is 4.79 Å². The van der Waals surface area contributed by atoms with Crippen LogP contribution < -0.4 is 11.3 Å². The molecule has 0 atom stereocenters. The first-order valence-corrected chi connectivity index (χ1v) is 6.12. The van der Waals surface area contributed by atoms with E-state index < -0.39 is 0 Å². The SMILES string of the molecule is Cc1c(N)[nH]n(Cc2ccc(C(C)C)cc2)c1=O. The average Bonchev–Trinajstić information content (AvgIpc) is 2.58. The maximum Gasteiger partial charge on any atom is 0.271 e. The highest BCUT2D eigenvalue weighted by Gasteiger charge is 2.07. The number of H-pyrrole nitrogens is 1. The Kier molecular flexibility index (Phi) is 3.28. The third-order valence-corrected chi connectivity index (χ3v) is 3.21. The van der Waals surface area contributed by atoms with Gasteiger partial charge in [-0.25, -0.2) is 4.68 Å². The van der Waals surface area contributed by atoms with Crippen LogP contribution in [0.2, 0.25) is 0 Å². The standard InChI is InChI=1S/C14H19N3O/c1-9(2)12-6-4-11(5-7-12)8-17-14(18)10(3)13(15)16-17/h4-7,9,16H,8,15H2,1-3H3. The zero-order valence-electron chi connectivity index (χ0n) is 11.0. The lowest BCUT2D eigenvalue weighted by atomic mass is 10.0. The van der Waals surface area contributed by atoms with Crippen molar-refractivity contribution < 1.29 is 0 Å². The Balaban J connectivity index is 2.24. The third-order valence-electron chi connectivity index (χ3n) is 3.21. The Morgan fingerprint density at radius 2 is 1.89 bits per heavy atom. The largest absolute Gasteiger partial charge is 0.384 e. The summed E-state index contributed by atoms with van der Waals surface area (Å²) in [6, 6.07) is 8.30. The molecule has 0 fully saturated rings. The molecule has 0 unspecified atom stereocenters. The van der Waals surface area contributed by atoms with Crippen LogP contribution in [-0.4, -0.2) is 9.78 Å². The van der Waals surface area contributed by atoms with Crippen molar-refractivity contribution in [3.8, 4) is 0 Å². The van der Waals surface area contributed by atoms with Gasteiger partial charge in [-0.15, -0.1) is 0 Å². The monoisotopic (exact) mass is 245 g/mol. The predicted molar refractivity (Wildman–Crippen MR) is 73.8 cm³/mol. The third kappa shape index (κ3) is 2.32. The summed E-state index contributed by atoms with van der Waals surface area (Å²) >= 11 is 0. The summed E-state index contributed by atoms with van der Waals surface area (Å²) in [5, 5.41) is 2.88. The molecular formula is C14H19N3O. The summed E-state index contributed by atoms with van der Waals surface area (Å²) in [6.07, 6.45) is 0. The van der Waals surface area contributed by atoms with Gasteiger partial charge in [0.2, 0.25) is 0 Å². The molecule has 0 aliphatic heterocycles. The maximum absolute atomic E-state index is 11.8. The number of nitrogens with one attached hydrogen (secondary N) is 1. The van der Waals surface area contributed by atoms with Crippen LogP contribution >= 0.6 is 0 Å². The van der Waals surface area contributed by atoms with Crippen molar-refractivity contribution in [2.24, 2.45) is 0 Å². The molecule has 0 saturated carbocycles. The fourth-order valence-electron chi connectivity index (χ4n) is 1.90. The van der Waals surface area contributed by atoms with Crippen LogP contribution in [-0.2, 0) is 6.54 Å². The van der Waals surface area contributed by atoms with Gasteiger partial charge in [-0.3, -0.25) is 9.89 Å². The number of aromatic amines is 1. The van der Waals surface area contributed by atoms with Crippen LogP contribution in [0, 0.1) is 6.92 Å². The van der Waals surface area contributed by atoms with Gasteiger partial charge in [-0.1, -0.05) is 38.1 Å². The lowest BCUT2D eigenvalue weighted by Gasteiger charge is -2.07. The Morgan fingerprint density at radius 3 is 2.33 bits per heavy atom. The van der Waals surface area contributed by atoms with Crippen LogP contribution in [0.1, 0.15) is 36.5 Å². The highest BCUT2D eigenvalue weighted by atomic mass is 16.1. The van der Waals surface area contributed by atoms with Crippen molar-refractivity contribution in [2.45, 2.75) is 33.2 Å². The molecule has 2 rings (SSSR count). The number of benzene rings is 1.